The van der Waals surface area contributed by atoms with Crippen molar-refractivity contribution in [3.63, 3.8) is 0 Å². The minimum absolute atomic E-state index is 0.0358. The van der Waals surface area contributed by atoms with Crippen LogP contribution in [0.3, 0.4) is 0 Å². The summed E-state index contributed by atoms with van der Waals surface area (Å²) in [5.41, 5.74) is 8.25. The Morgan fingerprint density at radius 1 is 0.920 bits per heavy atom. The summed E-state index contributed by atoms with van der Waals surface area (Å²) in [4.78, 5) is 32.8. The number of rotatable bonds is 2. The number of hydrogen-bond acceptors (Lipinski definition) is 5. The second-order valence-electron chi connectivity index (χ2n) is 6.47. The Balaban J connectivity index is 1.84. The molecule has 2 aromatic rings. The lowest BCUT2D eigenvalue weighted by Gasteiger charge is -2.31. The van der Waals surface area contributed by atoms with Crippen LogP contribution in [-0.4, -0.2) is 41.3 Å². The summed E-state index contributed by atoms with van der Waals surface area (Å²) in [6.07, 6.45) is 2.07. The highest BCUT2D eigenvalue weighted by atomic mass is 16.1. The molecule has 1 fully saturated rings. The van der Waals surface area contributed by atoms with Gasteiger partial charge in [-0.05, 0) is 50.2 Å². The quantitative estimate of drug-likeness (QED) is 0.858. The molecule has 0 saturated carbocycles. The lowest BCUT2D eigenvalue weighted by molar-refractivity contribution is 0.0873. The van der Waals surface area contributed by atoms with E-state index in [9.17, 15) is 9.59 Å². The first-order valence-corrected chi connectivity index (χ1v) is 8.51. The Morgan fingerprint density at radius 2 is 1.56 bits per heavy atom. The van der Waals surface area contributed by atoms with Gasteiger partial charge in [-0.3, -0.25) is 14.5 Å². The predicted molar refractivity (Wildman–Crippen MR) is 97.6 cm³/mol. The van der Waals surface area contributed by atoms with Crippen molar-refractivity contribution >= 4 is 28.7 Å². The van der Waals surface area contributed by atoms with Crippen LogP contribution in [0.4, 0.5) is 11.4 Å². The topological polar surface area (TPSA) is 75.8 Å². The summed E-state index contributed by atoms with van der Waals surface area (Å²) in [6, 6.07) is 13.4. The highest BCUT2D eigenvalue weighted by Gasteiger charge is 2.42. The third-order valence-corrected chi connectivity index (χ3v) is 4.83. The van der Waals surface area contributed by atoms with Gasteiger partial charge in [-0.15, -0.1) is 0 Å². The van der Waals surface area contributed by atoms with Gasteiger partial charge in [-0.1, -0.05) is 24.3 Å². The highest BCUT2D eigenvalue weighted by molar-refractivity contribution is 6.55. The van der Waals surface area contributed by atoms with E-state index < -0.39 is 6.04 Å². The number of Topliss-reactive ketones (excluding diaryl/α,β-unsaturated/α-hetero) is 2. The number of nitrogen functional groups attached to an aromatic ring is 1. The van der Waals surface area contributed by atoms with E-state index in [0.717, 1.165) is 25.9 Å². The van der Waals surface area contributed by atoms with E-state index in [4.69, 9.17) is 5.73 Å². The molecule has 0 aromatic heterocycles. The van der Waals surface area contributed by atoms with Crippen LogP contribution >= 0.6 is 0 Å². The Hall–Kier alpha value is -2.79. The lowest BCUT2D eigenvalue weighted by atomic mass is 9.83. The average Bonchev–Trinajstić information content (AvgIpc) is 3.15. The molecular weight excluding hydrogens is 314 g/mol. The third kappa shape index (κ3) is 2.76. The Morgan fingerprint density at radius 3 is 2.24 bits per heavy atom. The molecule has 1 atom stereocenters. The van der Waals surface area contributed by atoms with Gasteiger partial charge in [0.2, 0.25) is 5.78 Å². The number of nitrogens with zero attached hydrogens (tertiary/aromatic N) is 2. The molecule has 1 heterocycles. The fraction of sp³-hybridized carbons (Fsp3) is 0.250. The lowest BCUT2D eigenvalue weighted by Crippen LogP contribution is -2.51. The number of ketones is 2. The van der Waals surface area contributed by atoms with Crippen LogP contribution in [0.1, 0.15) is 33.6 Å². The molecule has 1 unspecified atom stereocenters. The van der Waals surface area contributed by atoms with E-state index in [1.165, 1.54) is 0 Å². The molecule has 1 saturated heterocycles. The maximum Gasteiger partial charge on any atom is 0.210 e. The van der Waals surface area contributed by atoms with Gasteiger partial charge in [0.1, 0.15) is 11.8 Å². The first-order valence-electron chi connectivity index (χ1n) is 8.51. The first kappa shape index (κ1) is 15.7. The normalized spacial score (nSPS) is 22.4. The second kappa shape index (κ2) is 6.26. The molecule has 5 nitrogen and oxygen atoms in total. The van der Waals surface area contributed by atoms with E-state index in [-0.39, 0.29) is 11.6 Å². The second-order valence-corrected chi connectivity index (χ2v) is 6.47. The van der Waals surface area contributed by atoms with Crippen molar-refractivity contribution < 1.29 is 9.59 Å². The van der Waals surface area contributed by atoms with Gasteiger partial charge >= 0.3 is 0 Å². The molecule has 2 aromatic carbocycles. The van der Waals surface area contributed by atoms with E-state index in [0.29, 0.717) is 28.2 Å². The Labute approximate surface area is 146 Å². The van der Waals surface area contributed by atoms with Gasteiger partial charge in [0.25, 0.3) is 0 Å². The molecule has 5 heteroatoms. The summed E-state index contributed by atoms with van der Waals surface area (Å²) < 4.78 is 0. The number of nitrogens with two attached hydrogens (primary N) is 1. The zero-order chi connectivity index (χ0) is 17.4. The fourth-order valence-corrected chi connectivity index (χ4v) is 3.57. The van der Waals surface area contributed by atoms with Crippen LogP contribution in [0.2, 0.25) is 0 Å². The van der Waals surface area contributed by atoms with E-state index >= 15 is 0 Å². The molecular formula is C20H19N3O2. The van der Waals surface area contributed by atoms with Crippen molar-refractivity contribution in [2.24, 2.45) is 4.99 Å². The van der Waals surface area contributed by atoms with Crippen molar-refractivity contribution in [2.75, 3.05) is 18.8 Å². The minimum atomic E-state index is -0.595. The molecule has 0 bridgehead atoms. The van der Waals surface area contributed by atoms with Gasteiger partial charge < -0.3 is 5.73 Å². The number of aliphatic imine (C=N–C) groups is 1. The maximum absolute atomic E-state index is 13.1. The fourth-order valence-electron chi connectivity index (χ4n) is 3.57. The summed E-state index contributed by atoms with van der Waals surface area (Å²) in [5, 5.41) is 0. The summed E-state index contributed by atoms with van der Waals surface area (Å²) in [5.74, 6) is -0.199. The van der Waals surface area contributed by atoms with Gasteiger partial charge in [-0.2, -0.15) is 0 Å². The van der Waals surface area contributed by atoms with Gasteiger partial charge in [0, 0.05) is 16.8 Å². The molecule has 1 aliphatic heterocycles. The third-order valence-electron chi connectivity index (χ3n) is 4.83. The summed E-state index contributed by atoms with van der Waals surface area (Å²) >= 11 is 0. The number of hydrogen-bond donors (Lipinski definition) is 1. The Bertz CT molecular complexity index is 865. The molecule has 0 radical (unpaired) electrons. The number of carbonyl (C=O) groups excluding carboxylic acids is 2. The van der Waals surface area contributed by atoms with Crippen LogP contribution in [-0.2, 0) is 0 Å². The number of anilines is 1. The van der Waals surface area contributed by atoms with E-state index in [2.05, 4.69) is 9.89 Å². The molecule has 0 amide bonds. The van der Waals surface area contributed by atoms with Crippen LogP contribution < -0.4 is 5.73 Å². The number of fused-ring (bicyclic) bond motifs is 1. The number of benzene rings is 2. The predicted octanol–water partition coefficient (Wildman–Crippen LogP) is 2.88. The number of likely N-dealkylation sites (tertiary alicyclic amines) is 1. The molecule has 4 rings (SSSR count). The zero-order valence-electron chi connectivity index (χ0n) is 13.8. The summed E-state index contributed by atoms with van der Waals surface area (Å²) in [6.45, 7) is 1.62. The van der Waals surface area contributed by atoms with Crippen LogP contribution in [0.25, 0.3) is 0 Å². The van der Waals surface area contributed by atoms with Gasteiger partial charge in [-0.25, -0.2) is 4.99 Å². The summed E-state index contributed by atoms with van der Waals surface area (Å²) in [7, 11) is 0. The van der Waals surface area contributed by atoms with E-state index in [1.807, 2.05) is 0 Å². The van der Waals surface area contributed by atoms with Crippen molar-refractivity contribution in [1.82, 2.24) is 4.90 Å². The first-order chi connectivity index (χ1) is 12.1. The molecule has 2 N–H and O–H groups in total. The molecule has 2 aliphatic rings. The van der Waals surface area contributed by atoms with Crippen molar-refractivity contribution in [3.05, 3.63) is 59.7 Å². The smallest absolute Gasteiger partial charge is 0.210 e. The zero-order valence-corrected chi connectivity index (χ0v) is 13.8. The largest absolute Gasteiger partial charge is 0.399 e. The standard InChI is InChI=1S/C20H19N3O2/c21-13-7-9-14(10-8-13)22-17-18(23-11-3-4-12-23)20(25)16-6-2-1-5-15(16)19(17)24/h1-2,5-10,18H,3-4,11-12,21H2. The van der Waals surface area contributed by atoms with Crippen LogP contribution in [0.5, 0.6) is 0 Å². The van der Waals surface area contributed by atoms with E-state index in [1.54, 1.807) is 48.5 Å². The molecule has 0 spiro atoms. The van der Waals surface area contributed by atoms with Crippen molar-refractivity contribution in [1.29, 1.82) is 0 Å². The van der Waals surface area contributed by atoms with Crippen molar-refractivity contribution in [3.8, 4) is 0 Å². The SMILES string of the molecule is Nc1ccc(N=C2C(=O)c3ccccc3C(=O)C2N2CCCC2)cc1. The monoisotopic (exact) mass is 333 g/mol. The van der Waals surface area contributed by atoms with Gasteiger partial charge in [0.05, 0.1) is 5.69 Å². The number of carbonyl (C=O) groups is 2. The Kier molecular flexibility index (Phi) is 3.93. The van der Waals surface area contributed by atoms with Gasteiger partial charge in [0.15, 0.2) is 5.78 Å². The highest BCUT2D eigenvalue weighted by Crippen LogP contribution is 2.27. The van der Waals surface area contributed by atoms with Crippen molar-refractivity contribution in [2.45, 2.75) is 18.9 Å². The maximum atomic E-state index is 13.1. The minimum Gasteiger partial charge on any atom is -0.399 e. The van der Waals surface area contributed by atoms with Crippen LogP contribution in [0, 0.1) is 0 Å². The molecule has 1 aliphatic carbocycles. The molecule has 126 valence electrons. The molecule has 25 heavy (non-hydrogen) atoms. The average molecular weight is 333 g/mol. The van der Waals surface area contributed by atoms with Crippen LogP contribution in [0.15, 0.2) is 53.5 Å².